The molecule has 4 nitrogen and oxygen atoms in total. The van der Waals surface area contributed by atoms with Crippen LogP contribution in [0.2, 0.25) is 0 Å². The third kappa shape index (κ3) is 19.4. The van der Waals surface area contributed by atoms with Crippen LogP contribution in [-0.2, 0) is 9.09 Å². The maximum absolute atomic E-state index is 10.1. The molecular formula is C11H23MgO4P. The Bertz CT molecular complexity index is 196. The van der Waals surface area contributed by atoms with Crippen LogP contribution in [0.3, 0.4) is 0 Å². The van der Waals surface area contributed by atoms with Gasteiger partial charge in [0.25, 0.3) is 0 Å². The Labute approximate surface area is 121 Å². The van der Waals surface area contributed by atoms with Crippen molar-refractivity contribution in [1.82, 2.24) is 0 Å². The van der Waals surface area contributed by atoms with Gasteiger partial charge in [-0.05, 0) is 6.42 Å². The van der Waals surface area contributed by atoms with Crippen molar-refractivity contribution in [2.45, 2.75) is 64.7 Å². The molecule has 0 radical (unpaired) electrons. The zero-order valence-corrected chi connectivity index (χ0v) is 13.2. The van der Waals surface area contributed by atoms with Crippen molar-refractivity contribution in [2.75, 3.05) is 6.61 Å². The fraction of sp³-hybridized carbons (Fsp3) is 1.00. The minimum absolute atomic E-state index is 0. The van der Waals surface area contributed by atoms with E-state index in [0.717, 1.165) is 12.8 Å². The third-order valence-electron chi connectivity index (χ3n) is 2.50. The molecule has 0 amide bonds. The van der Waals surface area contributed by atoms with Crippen LogP contribution < -0.4 is 9.79 Å². The molecule has 0 bridgehead atoms. The first kappa shape index (κ1) is 20.2. The molecular weight excluding hydrogens is 251 g/mol. The summed E-state index contributed by atoms with van der Waals surface area (Å²) in [4.78, 5) is 20.2. The predicted octanol–water partition coefficient (Wildman–Crippen LogP) is 1.98. The first-order valence-corrected chi connectivity index (χ1v) is 7.69. The van der Waals surface area contributed by atoms with E-state index in [1.165, 1.54) is 38.5 Å². The van der Waals surface area contributed by atoms with Crippen LogP contribution in [0.25, 0.3) is 0 Å². The number of phosphoric ester groups is 1. The summed E-state index contributed by atoms with van der Waals surface area (Å²) < 4.78 is 14.3. The van der Waals surface area contributed by atoms with E-state index < -0.39 is 7.82 Å². The van der Waals surface area contributed by atoms with Crippen molar-refractivity contribution >= 4 is 30.9 Å². The van der Waals surface area contributed by atoms with Crippen molar-refractivity contribution in [2.24, 2.45) is 0 Å². The average molecular weight is 275 g/mol. The van der Waals surface area contributed by atoms with E-state index in [9.17, 15) is 14.4 Å². The van der Waals surface area contributed by atoms with Crippen LogP contribution in [0.4, 0.5) is 0 Å². The van der Waals surface area contributed by atoms with Crippen LogP contribution in [0, 0.1) is 0 Å². The maximum atomic E-state index is 10.1. The number of unbranched alkanes of at least 4 members (excludes halogenated alkanes) is 8. The van der Waals surface area contributed by atoms with Gasteiger partial charge < -0.3 is 18.9 Å². The van der Waals surface area contributed by atoms with Gasteiger partial charge in [-0.1, -0.05) is 58.3 Å². The van der Waals surface area contributed by atoms with E-state index in [-0.39, 0.29) is 29.7 Å². The summed E-state index contributed by atoms with van der Waals surface area (Å²) in [6.07, 6.45) is 10.3. The van der Waals surface area contributed by atoms with Crippen molar-refractivity contribution in [1.29, 1.82) is 0 Å². The van der Waals surface area contributed by atoms with E-state index in [4.69, 9.17) is 0 Å². The maximum Gasteiger partial charge on any atom is 2.00 e. The molecule has 0 aliphatic heterocycles. The van der Waals surface area contributed by atoms with E-state index in [0.29, 0.717) is 6.42 Å². The van der Waals surface area contributed by atoms with Crippen LogP contribution >= 0.6 is 7.82 Å². The van der Waals surface area contributed by atoms with Gasteiger partial charge >= 0.3 is 23.1 Å². The summed E-state index contributed by atoms with van der Waals surface area (Å²) in [5, 5.41) is 0. The van der Waals surface area contributed by atoms with E-state index in [1.807, 2.05) is 0 Å². The van der Waals surface area contributed by atoms with Gasteiger partial charge in [0, 0.05) is 0 Å². The summed E-state index contributed by atoms with van der Waals surface area (Å²) >= 11 is 0. The minimum atomic E-state index is -4.74. The zero-order chi connectivity index (χ0) is 12.3. The molecule has 17 heavy (non-hydrogen) atoms. The molecule has 0 aliphatic carbocycles. The van der Waals surface area contributed by atoms with E-state index in [2.05, 4.69) is 11.4 Å². The van der Waals surface area contributed by atoms with E-state index in [1.54, 1.807) is 0 Å². The Kier molecular flexibility index (Phi) is 15.8. The van der Waals surface area contributed by atoms with Gasteiger partial charge in [0.05, 0.1) is 14.4 Å². The molecule has 0 aromatic rings. The molecule has 98 valence electrons. The van der Waals surface area contributed by atoms with Crippen LogP contribution in [0.1, 0.15) is 64.7 Å². The normalized spacial score (nSPS) is 11.2. The summed E-state index contributed by atoms with van der Waals surface area (Å²) in [7, 11) is -4.74. The Morgan fingerprint density at radius 3 is 1.71 bits per heavy atom. The number of rotatable bonds is 11. The molecule has 0 saturated heterocycles. The Hall–Kier alpha value is 0.876. The van der Waals surface area contributed by atoms with E-state index >= 15 is 0 Å². The molecule has 0 aliphatic rings. The largest absolute Gasteiger partial charge is 2.00 e. The molecule has 6 heteroatoms. The summed E-state index contributed by atoms with van der Waals surface area (Å²) in [5.41, 5.74) is 0. The monoisotopic (exact) mass is 274 g/mol. The van der Waals surface area contributed by atoms with Crippen molar-refractivity contribution < 1.29 is 18.9 Å². The molecule has 0 aromatic carbocycles. The second kappa shape index (κ2) is 13.3. The van der Waals surface area contributed by atoms with Gasteiger partial charge in [0.1, 0.15) is 0 Å². The molecule has 0 saturated carbocycles. The van der Waals surface area contributed by atoms with Gasteiger partial charge in [0.15, 0.2) is 0 Å². The van der Waals surface area contributed by atoms with Crippen LogP contribution in [-0.4, -0.2) is 29.7 Å². The van der Waals surface area contributed by atoms with Crippen LogP contribution in [0.5, 0.6) is 0 Å². The van der Waals surface area contributed by atoms with Gasteiger partial charge in [-0.15, -0.1) is 0 Å². The molecule has 0 heterocycles. The smallest absolute Gasteiger partial charge is 0.790 e. The minimum Gasteiger partial charge on any atom is -0.790 e. The Balaban J connectivity index is 0. The molecule has 0 unspecified atom stereocenters. The Morgan fingerprint density at radius 1 is 0.882 bits per heavy atom. The topological polar surface area (TPSA) is 72.4 Å². The summed E-state index contributed by atoms with van der Waals surface area (Å²) in [6, 6.07) is 0. The van der Waals surface area contributed by atoms with Gasteiger partial charge in [-0.3, -0.25) is 0 Å². The molecule has 0 N–H and O–H groups in total. The SMILES string of the molecule is CCCCCCCCCCCOP(=O)([O-])[O-].[Mg+2]. The fourth-order valence-electron chi connectivity index (χ4n) is 1.59. The molecule has 0 atom stereocenters. The zero-order valence-electron chi connectivity index (χ0n) is 10.9. The summed E-state index contributed by atoms with van der Waals surface area (Å²) in [5.74, 6) is 0. The van der Waals surface area contributed by atoms with Gasteiger partial charge in [-0.25, -0.2) is 0 Å². The number of hydrogen-bond acceptors (Lipinski definition) is 4. The molecule has 0 spiro atoms. The van der Waals surface area contributed by atoms with Gasteiger partial charge in [0.2, 0.25) is 0 Å². The second-order valence-corrected chi connectivity index (χ2v) is 5.26. The predicted molar refractivity (Wildman–Crippen MR) is 66.5 cm³/mol. The average Bonchev–Trinajstić information content (AvgIpc) is 2.19. The van der Waals surface area contributed by atoms with Crippen LogP contribution in [0.15, 0.2) is 0 Å². The standard InChI is InChI=1S/C11H25O4P.Mg/c1-2-3-4-5-6-7-8-9-10-11-15-16(12,13)14;/h2-11H2,1H3,(H2,12,13,14);/q;+2/p-2. The summed E-state index contributed by atoms with van der Waals surface area (Å²) in [6.45, 7) is 2.24. The fourth-order valence-corrected chi connectivity index (χ4v) is 1.94. The molecule has 0 fully saturated rings. The number of phosphoric acid groups is 1. The van der Waals surface area contributed by atoms with Crippen molar-refractivity contribution in [3.63, 3.8) is 0 Å². The van der Waals surface area contributed by atoms with Crippen molar-refractivity contribution in [3.05, 3.63) is 0 Å². The quantitative estimate of drug-likeness (QED) is 0.328. The first-order valence-electron chi connectivity index (χ1n) is 6.23. The first-order chi connectivity index (χ1) is 7.56. The Morgan fingerprint density at radius 2 is 1.29 bits per heavy atom. The van der Waals surface area contributed by atoms with Crippen molar-refractivity contribution in [3.8, 4) is 0 Å². The molecule has 0 aromatic heterocycles. The number of hydrogen-bond donors (Lipinski definition) is 0. The second-order valence-electron chi connectivity index (χ2n) is 4.11. The third-order valence-corrected chi connectivity index (χ3v) is 3.00. The molecule has 0 rings (SSSR count). The van der Waals surface area contributed by atoms with Gasteiger partial charge in [-0.2, -0.15) is 0 Å².